The Morgan fingerprint density at radius 3 is 2.35 bits per heavy atom. The summed E-state index contributed by atoms with van der Waals surface area (Å²) in [6.07, 6.45) is 6.54. The molecule has 1 N–H and O–H groups in total. The molecule has 0 aromatic heterocycles. The van der Waals surface area contributed by atoms with Crippen LogP contribution in [0.25, 0.3) is 0 Å². The van der Waals surface area contributed by atoms with Gasteiger partial charge in [0.15, 0.2) is 0 Å². The average Bonchev–Trinajstić information content (AvgIpc) is 2.25. The third-order valence-electron chi connectivity index (χ3n) is 4.19. The molecule has 1 saturated carbocycles. The van der Waals surface area contributed by atoms with Crippen LogP contribution in [0.2, 0.25) is 0 Å². The van der Waals surface area contributed by atoms with E-state index in [1.807, 2.05) is 0 Å². The highest BCUT2D eigenvalue weighted by atomic mass is 16.5. The molecule has 2 heteroatoms. The predicted molar refractivity (Wildman–Crippen MR) is 74.3 cm³/mol. The second-order valence-corrected chi connectivity index (χ2v) is 7.23. The van der Waals surface area contributed by atoms with Crippen molar-refractivity contribution in [3.05, 3.63) is 0 Å². The Morgan fingerprint density at radius 1 is 1.24 bits per heavy atom. The first-order valence-electron chi connectivity index (χ1n) is 7.07. The lowest BCUT2D eigenvalue weighted by Crippen LogP contribution is -2.40. The quantitative estimate of drug-likeness (QED) is 0.767. The molecule has 0 radical (unpaired) electrons. The lowest BCUT2D eigenvalue weighted by atomic mass is 9.75. The summed E-state index contributed by atoms with van der Waals surface area (Å²) >= 11 is 0. The minimum Gasteiger partial charge on any atom is -0.385 e. The van der Waals surface area contributed by atoms with Crippen LogP contribution < -0.4 is 5.32 Å². The van der Waals surface area contributed by atoms with Crippen molar-refractivity contribution >= 4 is 0 Å². The molecule has 1 aliphatic carbocycles. The van der Waals surface area contributed by atoms with Crippen molar-refractivity contribution < 1.29 is 4.74 Å². The van der Waals surface area contributed by atoms with E-state index in [9.17, 15) is 0 Å². The first-order chi connectivity index (χ1) is 7.85. The van der Waals surface area contributed by atoms with Gasteiger partial charge in [0.05, 0.1) is 0 Å². The molecule has 1 aliphatic rings. The van der Waals surface area contributed by atoms with Gasteiger partial charge in [-0.15, -0.1) is 0 Å². The van der Waals surface area contributed by atoms with Crippen molar-refractivity contribution in [2.45, 2.75) is 65.8 Å². The van der Waals surface area contributed by atoms with E-state index in [1.165, 1.54) is 25.7 Å². The zero-order valence-electron chi connectivity index (χ0n) is 12.4. The smallest absolute Gasteiger partial charge is 0.0467 e. The molecular formula is C15H31NO. The molecule has 0 bridgehead atoms. The van der Waals surface area contributed by atoms with Gasteiger partial charge in [-0.1, -0.05) is 27.7 Å². The summed E-state index contributed by atoms with van der Waals surface area (Å²) in [6.45, 7) is 11.4. The van der Waals surface area contributed by atoms with E-state index >= 15 is 0 Å². The number of ether oxygens (including phenoxy) is 1. The number of hydrogen-bond acceptors (Lipinski definition) is 2. The molecule has 0 amide bonds. The fourth-order valence-electron chi connectivity index (χ4n) is 2.49. The highest BCUT2D eigenvalue weighted by molar-refractivity contribution is 4.83. The van der Waals surface area contributed by atoms with Gasteiger partial charge in [0, 0.05) is 26.3 Å². The van der Waals surface area contributed by atoms with Crippen molar-refractivity contribution in [1.82, 2.24) is 5.32 Å². The Bertz CT molecular complexity index is 213. The summed E-state index contributed by atoms with van der Waals surface area (Å²) < 4.78 is 5.17. The lowest BCUT2D eigenvalue weighted by molar-refractivity contribution is 0.142. The van der Waals surface area contributed by atoms with Crippen LogP contribution in [0.5, 0.6) is 0 Å². The number of hydrogen-bond donors (Lipinski definition) is 1. The van der Waals surface area contributed by atoms with Crippen molar-refractivity contribution in [1.29, 1.82) is 0 Å². The fourth-order valence-corrected chi connectivity index (χ4v) is 2.49. The molecule has 0 spiro atoms. The van der Waals surface area contributed by atoms with Crippen LogP contribution in [-0.2, 0) is 4.74 Å². The normalized spacial score (nSPS) is 21.7. The first kappa shape index (κ1) is 15.0. The monoisotopic (exact) mass is 241 g/mol. The van der Waals surface area contributed by atoms with E-state index in [0.29, 0.717) is 10.8 Å². The Balaban J connectivity index is 2.22. The molecular weight excluding hydrogens is 210 g/mol. The van der Waals surface area contributed by atoms with Gasteiger partial charge in [0.1, 0.15) is 0 Å². The SMILES string of the molecule is COCCC(C)(C)CNC1CCC(C)(C)CC1. The van der Waals surface area contributed by atoms with Crippen LogP contribution in [0, 0.1) is 10.8 Å². The molecule has 2 nitrogen and oxygen atoms in total. The summed E-state index contributed by atoms with van der Waals surface area (Å²) in [6, 6.07) is 0.741. The van der Waals surface area contributed by atoms with Crippen LogP contribution in [0.3, 0.4) is 0 Å². The van der Waals surface area contributed by atoms with Gasteiger partial charge < -0.3 is 10.1 Å². The standard InChI is InChI=1S/C15H31NO/c1-14(2)8-6-13(7-9-14)16-12-15(3,4)10-11-17-5/h13,16H,6-12H2,1-5H3. The highest BCUT2D eigenvalue weighted by Gasteiger charge is 2.27. The van der Waals surface area contributed by atoms with Crippen molar-refractivity contribution in [2.75, 3.05) is 20.3 Å². The maximum absolute atomic E-state index is 5.17. The highest BCUT2D eigenvalue weighted by Crippen LogP contribution is 2.35. The minimum absolute atomic E-state index is 0.350. The number of rotatable bonds is 6. The fraction of sp³-hybridized carbons (Fsp3) is 1.00. The van der Waals surface area contributed by atoms with Gasteiger partial charge in [-0.25, -0.2) is 0 Å². The molecule has 17 heavy (non-hydrogen) atoms. The molecule has 1 fully saturated rings. The van der Waals surface area contributed by atoms with Gasteiger partial charge in [-0.2, -0.15) is 0 Å². The predicted octanol–water partition coefficient (Wildman–Crippen LogP) is 3.61. The summed E-state index contributed by atoms with van der Waals surface area (Å²) in [5.41, 5.74) is 0.923. The molecule has 0 aromatic rings. The zero-order chi connectivity index (χ0) is 12.9. The summed E-state index contributed by atoms with van der Waals surface area (Å²) in [7, 11) is 1.78. The Kier molecular flexibility index (Phi) is 5.46. The summed E-state index contributed by atoms with van der Waals surface area (Å²) in [4.78, 5) is 0. The molecule has 0 unspecified atom stereocenters. The second kappa shape index (κ2) is 6.19. The third-order valence-corrected chi connectivity index (χ3v) is 4.19. The lowest BCUT2D eigenvalue weighted by Gasteiger charge is -2.36. The Morgan fingerprint density at radius 2 is 1.82 bits per heavy atom. The summed E-state index contributed by atoms with van der Waals surface area (Å²) in [5, 5.41) is 3.75. The van der Waals surface area contributed by atoms with E-state index in [2.05, 4.69) is 33.0 Å². The van der Waals surface area contributed by atoms with Gasteiger partial charge in [0.2, 0.25) is 0 Å². The topological polar surface area (TPSA) is 21.3 Å². The van der Waals surface area contributed by atoms with E-state index in [4.69, 9.17) is 4.74 Å². The van der Waals surface area contributed by atoms with Crippen molar-refractivity contribution in [3.63, 3.8) is 0 Å². The van der Waals surface area contributed by atoms with Gasteiger partial charge in [-0.05, 0) is 42.9 Å². The molecule has 102 valence electrons. The van der Waals surface area contributed by atoms with Crippen LogP contribution in [0.15, 0.2) is 0 Å². The zero-order valence-corrected chi connectivity index (χ0v) is 12.4. The second-order valence-electron chi connectivity index (χ2n) is 7.23. The largest absolute Gasteiger partial charge is 0.385 e. The van der Waals surface area contributed by atoms with Crippen molar-refractivity contribution in [2.24, 2.45) is 10.8 Å². The minimum atomic E-state index is 0.350. The number of methoxy groups -OCH3 is 1. The van der Waals surface area contributed by atoms with E-state index in [-0.39, 0.29) is 0 Å². The van der Waals surface area contributed by atoms with E-state index in [0.717, 1.165) is 25.6 Å². The molecule has 0 saturated heterocycles. The van der Waals surface area contributed by atoms with E-state index < -0.39 is 0 Å². The Hall–Kier alpha value is -0.0800. The maximum atomic E-state index is 5.17. The van der Waals surface area contributed by atoms with E-state index in [1.54, 1.807) is 7.11 Å². The third kappa shape index (κ3) is 5.87. The molecule has 0 aliphatic heterocycles. The van der Waals surface area contributed by atoms with Crippen LogP contribution in [0.4, 0.5) is 0 Å². The van der Waals surface area contributed by atoms with Crippen molar-refractivity contribution in [3.8, 4) is 0 Å². The van der Waals surface area contributed by atoms with Gasteiger partial charge in [-0.3, -0.25) is 0 Å². The van der Waals surface area contributed by atoms with Crippen LogP contribution in [-0.4, -0.2) is 26.3 Å². The molecule has 1 rings (SSSR count). The number of nitrogens with one attached hydrogen (secondary N) is 1. The maximum Gasteiger partial charge on any atom is 0.0467 e. The summed E-state index contributed by atoms with van der Waals surface area (Å²) in [5.74, 6) is 0. The van der Waals surface area contributed by atoms with Gasteiger partial charge >= 0.3 is 0 Å². The molecule has 0 heterocycles. The van der Waals surface area contributed by atoms with Crippen LogP contribution in [0.1, 0.15) is 59.8 Å². The molecule has 0 aromatic carbocycles. The molecule has 0 atom stereocenters. The first-order valence-corrected chi connectivity index (χ1v) is 7.07. The van der Waals surface area contributed by atoms with Crippen LogP contribution >= 0.6 is 0 Å². The van der Waals surface area contributed by atoms with Gasteiger partial charge in [0.25, 0.3) is 0 Å². The Labute approximate surface area is 108 Å². The average molecular weight is 241 g/mol.